The van der Waals surface area contributed by atoms with Crippen molar-refractivity contribution < 1.29 is 13.2 Å². The summed E-state index contributed by atoms with van der Waals surface area (Å²) >= 11 is 0. The van der Waals surface area contributed by atoms with Gasteiger partial charge in [-0.15, -0.1) is 0 Å². The summed E-state index contributed by atoms with van der Waals surface area (Å²) < 4.78 is 27.0. The average molecular weight is 372 g/mol. The zero-order chi connectivity index (χ0) is 18.6. The summed E-state index contributed by atoms with van der Waals surface area (Å²) in [4.78, 5) is 12.5. The molecular weight excluding hydrogens is 348 g/mol. The molecule has 0 aliphatic heterocycles. The first-order valence-corrected chi connectivity index (χ1v) is 10.5. The van der Waals surface area contributed by atoms with E-state index >= 15 is 0 Å². The Kier molecular flexibility index (Phi) is 5.74. The Morgan fingerprint density at radius 1 is 1.08 bits per heavy atom. The van der Waals surface area contributed by atoms with E-state index in [9.17, 15) is 13.2 Å². The Labute approximate surface area is 154 Å². The standard InChI is InChI=1S/C20H24N2O3S/c1-2-16-5-3-4-6-19(16)21-20(23)14-9-15-7-12-18(13-8-15)26(24,25)22-17-10-11-17/h3-8,12-13,17,22H,2,9-11,14H2,1H3,(H,21,23). The zero-order valence-electron chi connectivity index (χ0n) is 14.9. The van der Waals surface area contributed by atoms with Crippen molar-refractivity contribution in [3.8, 4) is 0 Å². The number of nitrogens with one attached hydrogen (secondary N) is 2. The van der Waals surface area contributed by atoms with E-state index in [1.807, 2.05) is 24.3 Å². The second-order valence-electron chi connectivity index (χ2n) is 6.60. The number of carbonyl (C=O) groups is 1. The molecule has 2 aromatic carbocycles. The monoisotopic (exact) mass is 372 g/mol. The first-order chi connectivity index (χ1) is 12.5. The Hall–Kier alpha value is -2.18. The highest BCUT2D eigenvalue weighted by Gasteiger charge is 2.27. The lowest BCUT2D eigenvalue weighted by Gasteiger charge is -2.10. The van der Waals surface area contributed by atoms with Crippen molar-refractivity contribution in [1.82, 2.24) is 4.72 Å². The molecular formula is C20H24N2O3S. The average Bonchev–Trinajstić information content (AvgIpc) is 3.44. The number of rotatable bonds is 8. The molecule has 1 amide bonds. The van der Waals surface area contributed by atoms with E-state index in [1.54, 1.807) is 24.3 Å². The van der Waals surface area contributed by atoms with E-state index in [-0.39, 0.29) is 16.8 Å². The summed E-state index contributed by atoms with van der Waals surface area (Å²) in [5, 5.41) is 2.95. The Balaban J connectivity index is 1.55. The highest BCUT2D eigenvalue weighted by atomic mass is 32.2. The van der Waals surface area contributed by atoms with Gasteiger partial charge in [0.2, 0.25) is 15.9 Å². The number of benzene rings is 2. The molecule has 0 unspecified atom stereocenters. The molecule has 0 atom stereocenters. The van der Waals surface area contributed by atoms with Gasteiger partial charge in [0.1, 0.15) is 0 Å². The summed E-state index contributed by atoms with van der Waals surface area (Å²) in [7, 11) is -3.42. The van der Waals surface area contributed by atoms with Gasteiger partial charge in [0.25, 0.3) is 0 Å². The molecule has 138 valence electrons. The van der Waals surface area contributed by atoms with E-state index in [1.165, 1.54) is 0 Å². The minimum absolute atomic E-state index is 0.0435. The minimum atomic E-state index is -3.42. The van der Waals surface area contributed by atoms with E-state index in [0.717, 1.165) is 36.1 Å². The number of hydrogen-bond acceptors (Lipinski definition) is 3. The number of aryl methyl sites for hydroxylation is 2. The molecule has 1 saturated carbocycles. The molecule has 0 radical (unpaired) electrons. The molecule has 1 aliphatic carbocycles. The van der Waals surface area contributed by atoms with E-state index in [0.29, 0.717) is 12.8 Å². The van der Waals surface area contributed by atoms with Gasteiger partial charge in [-0.25, -0.2) is 13.1 Å². The van der Waals surface area contributed by atoms with Gasteiger partial charge in [0.05, 0.1) is 4.90 Å². The van der Waals surface area contributed by atoms with Crippen molar-refractivity contribution in [1.29, 1.82) is 0 Å². The number of sulfonamides is 1. The van der Waals surface area contributed by atoms with Crippen LogP contribution in [0.25, 0.3) is 0 Å². The number of carbonyl (C=O) groups excluding carboxylic acids is 1. The van der Waals surface area contributed by atoms with Gasteiger partial charge in [-0.05, 0) is 55.0 Å². The lowest BCUT2D eigenvalue weighted by Crippen LogP contribution is -2.25. The maximum absolute atomic E-state index is 12.2. The summed E-state index contributed by atoms with van der Waals surface area (Å²) in [5.41, 5.74) is 2.90. The van der Waals surface area contributed by atoms with Gasteiger partial charge in [-0.1, -0.05) is 37.3 Å². The van der Waals surface area contributed by atoms with Gasteiger partial charge in [-0.3, -0.25) is 4.79 Å². The number of anilines is 1. The quantitative estimate of drug-likeness (QED) is 0.747. The highest BCUT2D eigenvalue weighted by Crippen LogP contribution is 2.22. The van der Waals surface area contributed by atoms with Crippen LogP contribution in [-0.4, -0.2) is 20.4 Å². The molecule has 0 heterocycles. The fourth-order valence-corrected chi connectivity index (χ4v) is 4.05. The van der Waals surface area contributed by atoms with E-state index in [4.69, 9.17) is 0 Å². The first-order valence-electron chi connectivity index (χ1n) is 8.97. The van der Waals surface area contributed by atoms with Crippen molar-refractivity contribution in [3.63, 3.8) is 0 Å². The molecule has 3 rings (SSSR count). The Morgan fingerprint density at radius 3 is 2.42 bits per heavy atom. The molecule has 6 heteroatoms. The predicted octanol–water partition coefficient (Wildman–Crippen LogP) is 3.26. The highest BCUT2D eigenvalue weighted by molar-refractivity contribution is 7.89. The summed E-state index contributed by atoms with van der Waals surface area (Å²) in [6.07, 6.45) is 3.60. The van der Waals surface area contributed by atoms with Crippen LogP contribution < -0.4 is 10.0 Å². The van der Waals surface area contributed by atoms with Crippen LogP contribution >= 0.6 is 0 Å². The van der Waals surface area contributed by atoms with Crippen LogP contribution in [0.4, 0.5) is 5.69 Å². The van der Waals surface area contributed by atoms with Crippen molar-refractivity contribution in [3.05, 3.63) is 59.7 Å². The van der Waals surface area contributed by atoms with Gasteiger partial charge in [0, 0.05) is 18.2 Å². The molecule has 1 fully saturated rings. The second-order valence-corrected chi connectivity index (χ2v) is 8.31. The minimum Gasteiger partial charge on any atom is -0.326 e. The molecule has 5 nitrogen and oxygen atoms in total. The maximum atomic E-state index is 12.2. The van der Waals surface area contributed by atoms with Crippen LogP contribution in [0.15, 0.2) is 53.4 Å². The van der Waals surface area contributed by atoms with Crippen LogP contribution in [0.3, 0.4) is 0 Å². The van der Waals surface area contributed by atoms with Crippen LogP contribution in [0.1, 0.15) is 37.3 Å². The summed E-state index contributed by atoms with van der Waals surface area (Å²) in [6, 6.07) is 14.6. The van der Waals surface area contributed by atoms with Gasteiger partial charge in [-0.2, -0.15) is 0 Å². The fraction of sp³-hybridized carbons (Fsp3) is 0.350. The fourth-order valence-electron chi connectivity index (χ4n) is 2.75. The number of hydrogen-bond donors (Lipinski definition) is 2. The van der Waals surface area contributed by atoms with Crippen molar-refractivity contribution in [2.24, 2.45) is 0 Å². The summed E-state index contributed by atoms with van der Waals surface area (Å²) in [5.74, 6) is -0.0435. The third-order valence-electron chi connectivity index (χ3n) is 4.45. The number of para-hydroxylation sites is 1. The largest absolute Gasteiger partial charge is 0.326 e. The molecule has 0 bridgehead atoms. The zero-order valence-corrected chi connectivity index (χ0v) is 15.7. The van der Waals surface area contributed by atoms with Crippen LogP contribution in [0.5, 0.6) is 0 Å². The predicted molar refractivity (Wildman–Crippen MR) is 103 cm³/mol. The topological polar surface area (TPSA) is 75.3 Å². The van der Waals surface area contributed by atoms with Crippen LogP contribution in [-0.2, 0) is 27.7 Å². The molecule has 0 aromatic heterocycles. The molecule has 0 saturated heterocycles. The maximum Gasteiger partial charge on any atom is 0.240 e. The second kappa shape index (κ2) is 8.01. The molecule has 2 aromatic rings. The normalized spacial score (nSPS) is 14.2. The van der Waals surface area contributed by atoms with Crippen LogP contribution in [0.2, 0.25) is 0 Å². The third-order valence-corrected chi connectivity index (χ3v) is 5.98. The lowest BCUT2D eigenvalue weighted by atomic mass is 10.1. The Morgan fingerprint density at radius 2 is 1.77 bits per heavy atom. The van der Waals surface area contributed by atoms with Gasteiger partial charge in [0.15, 0.2) is 0 Å². The molecule has 26 heavy (non-hydrogen) atoms. The SMILES string of the molecule is CCc1ccccc1NC(=O)CCc1ccc(S(=O)(=O)NC2CC2)cc1. The third kappa shape index (κ3) is 4.93. The van der Waals surface area contributed by atoms with Crippen LogP contribution in [0, 0.1) is 0 Å². The van der Waals surface area contributed by atoms with Gasteiger partial charge >= 0.3 is 0 Å². The smallest absolute Gasteiger partial charge is 0.240 e. The van der Waals surface area contributed by atoms with Gasteiger partial charge < -0.3 is 5.32 Å². The first kappa shape index (κ1) is 18.6. The molecule has 1 aliphatic rings. The van der Waals surface area contributed by atoms with Crippen molar-refractivity contribution in [2.75, 3.05) is 5.32 Å². The Bertz CT molecular complexity index is 872. The summed E-state index contributed by atoms with van der Waals surface area (Å²) in [6.45, 7) is 2.05. The van der Waals surface area contributed by atoms with Crippen molar-refractivity contribution in [2.45, 2.75) is 50.0 Å². The lowest BCUT2D eigenvalue weighted by molar-refractivity contribution is -0.116. The molecule has 2 N–H and O–H groups in total. The van der Waals surface area contributed by atoms with E-state index < -0.39 is 10.0 Å². The van der Waals surface area contributed by atoms with E-state index in [2.05, 4.69) is 17.0 Å². The number of amides is 1. The van der Waals surface area contributed by atoms with Crippen molar-refractivity contribution >= 4 is 21.6 Å². The molecule has 0 spiro atoms.